The molecule has 1 nitrogen and oxygen atoms in total. The van der Waals surface area contributed by atoms with E-state index < -0.39 is 0 Å². The molecule has 0 unspecified atom stereocenters. The van der Waals surface area contributed by atoms with Crippen LogP contribution in [0.15, 0.2) is 24.3 Å². The third-order valence-corrected chi connectivity index (χ3v) is 3.18. The number of aliphatic hydroxyl groups excluding tert-OH is 1. The maximum Gasteiger partial charge on any atom is 0.0459 e. The summed E-state index contributed by atoms with van der Waals surface area (Å²) in [5, 5.41) is 9.75. The molecule has 1 aromatic carbocycles. The van der Waals surface area contributed by atoms with Crippen molar-refractivity contribution in [2.45, 2.75) is 18.8 Å². The van der Waals surface area contributed by atoms with Crippen LogP contribution in [0.4, 0.5) is 0 Å². The first kappa shape index (κ1) is 9.04. The summed E-state index contributed by atoms with van der Waals surface area (Å²) in [6.45, 7) is 0.320. The Morgan fingerprint density at radius 3 is 2.62 bits per heavy atom. The second-order valence-electron chi connectivity index (χ2n) is 3.74. The first-order valence-electron chi connectivity index (χ1n) is 4.66. The molecule has 2 heteroatoms. The van der Waals surface area contributed by atoms with Gasteiger partial charge in [0.2, 0.25) is 0 Å². The molecule has 0 aromatic heterocycles. The standard InChI is InChI=1S/C11H13ClO/c12-11-4-2-1-3-10(11)9-5-8(6-9)7-13/h1-4,8-9,13H,5-7H2. The molecule has 0 amide bonds. The van der Waals surface area contributed by atoms with E-state index in [1.165, 1.54) is 5.56 Å². The van der Waals surface area contributed by atoms with Crippen LogP contribution in [0.1, 0.15) is 24.3 Å². The Hall–Kier alpha value is -0.530. The van der Waals surface area contributed by atoms with Crippen LogP contribution >= 0.6 is 11.6 Å². The van der Waals surface area contributed by atoms with Gasteiger partial charge in [0.25, 0.3) is 0 Å². The molecule has 0 aliphatic heterocycles. The van der Waals surface area contributed by atoms with Crippen LogP contribution < -0.4 is 0 Å². The Bertz CT molecular complexity index is 292. The zero-order valence-electron chi connectivity index (χ0n) is 7.41. The van der Waals surface area contributed by atoms with Gasteiger partial charge in [-0.1, -0.05) is 29.8 Å². The molecular weight excluding hydrogens is 184 g/mol. The number of benzene rings is 1. The van der Waals surface area contributed by atoms with Gasteiger partial charge in [0.1, 0.15) is 0 Å². The van der Waals surface area contributed by atoms with Crippen LogP contribution in [0, 0.1) is 5.92 Å². The Morgan fingerprint density at radius 2 is 2.00 bits per heavy atom. The fraction of sp³-hybridized carbons (Fsp3) is 0.455. The normalized spacial score (nSPS) is 26.9. The van der Waals surface area contributed by atoms with Crippen molar-refractivity contribution in [2.24, 2.45) is 5.92 Å². The Balaban J connectivity index is 2.07. The lowest BCUT2D eigenvalue weighted by molar-refractivity contribution is 0.142. The smallest absolute Gasteiger partial charge is 0.0459 e. The minimum absolute atomic E-state index is 0.320. The molecule has 1 aliphatic rings. The summed E-state index contributed by atoms with van der Waals surface area (Å²) in [5.74, 6) is 1.08. The van der Waals surface area contributed by atoms with Gasteiger partial charge in [0.15, 0.2) is 0 Å². The summed E-state index contributed by atoms with van der Waals surface area (Å²) in [6, 6.07) is 7.99. The highest BCUT2D eigenvalue weighted by atomic mass is 35.5. The molecule has 13 heavy (non-hydrogen) atoms. The molecule has 0 bridgehead atoms. The molecule has 70 valence electrons. The van der Waals surface area contributed by atoms with E-state index in [1.807, 2.05) is 18.2 Å². The lowest BCUT2D eigenvalue weighted by Gasteiger charge is -2.34. The first-order valence-corrected chi connectivity index (χ1v) is 5.04. The zero-order chi connectivity index (χ0) is 9.26. The van der Waals surface area contributed by atoms with Gasteiger partial charge in [-0.2, -0.15) is 0 Å². The summed E-state index contributed by atoms with van der Waals surface area (Å²) in [5.41, 5.74) is 1.24. The second-order valence-corrected chi connectivity index (χ2v) is 4.15. The lowest BCUT2D eigenvalue weighted by atomic mass is 9.72. The van der Waals surface area contributed by atoms with Gasteiger partial charge in [0, 0.05) is 11.6 Å². The van der Waals surface area contributed by atoms with Crippen LogP contribution in [0.3, 0.4) is 0 Å². The predicted molar refractivity (Wildman–Crippen MR) is 54.0 cm³/mol. The van der Waals surface area contributed by atoms with E-state index in [2.05, 4.69) is 6.07 Å². The second kappa shape index (κ2) is 3.69. The van der Waals surface area contributed by atoms with E-state index in [-0.39, 0.29) is 0 Å². The minimum Gasteiger partial charge on any atom is -0.396 e. The van der Waals surface area contributed by atoms with Gasteiger partial charge in [-0.05, 0) is 36.3 Å². The van der Waals surface area contributed by atoms with E-state index in [0.717, 1.165) is 17.9 Å². The average molecular weight is 197 g/mol. The maximum atomic E-state index is 8.89. The van der Waals surface area contributed by atoms with E-state index >= 15 is 0 Å². The molecular formula is C11H13ClO. The summed E-state index contributed by atoms with van der Waals surface area (Å²) in [6.07, 6.45) is 2.17. The Labute approximate surface area is 83.3 Å². The Morgan fingerprint density at radius 1 is 1.31 bits per heavy atom. The van der Waals surface area contributed by atoms with E-state index in [1.54, 1.807) is 0 Å². The molecule has 1 aromatic rings. The predicted octanol–water partition coefficient (Wildman–Crippen LogP) is 2.83. The zero-order valence-corrected chi connectivity index (χ0v) is 8.17. The van der Waals surface area contributed by atoms with Gasteiger partial charge >= 0.3 is 0 Å². The molecule has 1 saturated carbocycles. The molecule has 0 radical (unpaired) electrons. The van der Waals surface area contributed by atoms with Crippen LogP contribution in [-0.4, -0.2) is 11.7 Å². The van der Waals surface area contributed by atoms with E-state index in [0.29, 0.717) is 18.4 Å². The number of hydrogen-bond donors (Lipinski definition) is 1. The molecule has 0 saturated heterocycles. The largest absolute Gasteiger partial charge is 0.396 e. The monoisotopic (exact) mass is 196 g/mol. The first-order chi connectivity index (χ1) is 6.31. The number of halogens is 1. The quantitative estimate of drug-likeness (QED) is 0.772. The van der Waals surface area contributed by atoms with Crippen molar-refractivity contribution < 1.29 is 5.11 Å². The number of hydrogen-bond acceptors (Lipinski definition) is 1. The molecule has 2 rings (SSSR count). The Kier molecular flexibility index (Phi) is 2.56. The van der Waals surface area contributed by atoms with Crippen LogP contribution in [-0.2, 0) is 0 Å². The van der Waals surface area contributed by atoms with Gasteiger partial charge in [-0.25, -0.2) is 0 Å². The van der Waals surface area contributed by atoms with Crippen LogP contribution in [0.2, 0.25) is 5.02 Å². The highest BCUT2D eigenvalue weighted by Crippen LogP contribution is 2.43. The third-order valence-electron chi connectivity index (χ3n) is 2.84. The maximum absolute atomic E-state index is 8.89. The number of aliphatic hydroxyl groups is 1. The summed E-state index contributed by atoms with van der Waals surface area (Å²) in [4.78, 5) is 0. The van der Waals surface area contributed by atoms with E-state index in [9.17, 15) is 0 Å². The van der Waals surface area contributed by atoms with Crippen molar-refractivity contribution >= 4 is 11.6 Å². The van der Waals surface area contributed by atoms with Gasteiger partial charge in [0.05, 0.1) is 0 Å². The fourth-order valence-corrected chi connectivity index (χ4v) is 2.23. The van der Waals surface area contributed by atoms with Crippen molar-refractivity contribution in [3.8, 4) is 0 Å². The topological polar surface area (TPSA) is 20.2 Å². The fourth-order valence-electron chi connectivity index (χ4n) is 1.94. The number of rotatable bonds is 2. The van der Waals surface area contributed by atoms with Crippen LogP contribution in [0.25, 0.3) is 0 Å². The summed E-state index contributed by atoms with van der Waals surface area (Å²) in [7, 11) is 0. The van der Waals surface area contributed by atoms with Crippen molar-refractivity contribution in [3.63, 3.8) is 0 Å². The van der Waals surface area contributed by atoms with Crippen LogP contribution in [0.5, 0.6) is 0 Å². The van der Waals surface area contributed by atoms with Gasteiger partial charge in [-0.3, -0.25) is 0 Å². The van der Waals surface area contributed by atoms with E-state index in [4.69, 9.17) is 16.7 Å². The van der Waals surface area contributed by atoms with Crippen molar-refractivity contribution in [3.05, 3.63) is 34.9 Å². The van der Waals surface area contributed by atoms with Gasteiger partial charge < -0.3 is 5.11 Å². The third kappa shape index (κ3) is 1.72. The van der Waals surface area contributed by atoms with Gasteiger partial charge in [-0.15, -0.1) is 0 Å². The molecule has 0 spiro atoms. The molecule has 1 aliphatic carbocycles. The van der Waals surface area contributed by atoms with Crippen molar-refractivity contribution in [2.75, 3.05) is 6.61 Å². The average Bonchev–Trinajstić information content (AvgIpc) is 2.06. The highest BCUT2D eigenvalue weighted by molar-refractivity contribution is 6.31. The summed E-state index contributed by atoms with van der Waals surface area (Å²) < 4.78 is 0. The molecule has 1 N–H and O–H groups in total. The molecule has 0 heterocycles. The molecule has 1 fully saturated rings. The summed E-state index contributed by atoms with van der Waals surface area (Å²) >= 11 is 6.06. The van der Waals surface area contributed by atoms with Crippen molar-refractivity contribution in [1.29, 1.82) is 0 Å². The lowest BCUT2D eigenvalue weighted by Crippen LogP contribution is -2.24. The minimum atomic E-state index is 0.320. The highest BCUT2D eigenvalue weighted by Gasteiger charge is 2.30. The van der Waals surface area contributed by atoms with Crippen molar-refractivity contribution in [1.82, 2.24) is 0 Å². The SMILES string of the molecule is OCC1CC(c2ccccc2Cl)C1. The molecule has 0 atom stereocenters.